The third-order valence-electron chi connectivity index (χ3n) is 4.24. The Kier molecular flexibility index (Phi) is 2.23. The minimum absolute atomic E-state index is 0.281. The van der Waals surface area contributed by atoms with E-state index in [2.05, 4.69) is 6.92 Å². The van der Waals surface area contributed by atoms with Gasteiger partial charge < -0.3 is 9.64 Å². The predicted octanol–water partition coefficient (Wildman–Crippen LogP) is 1.28. The summed E-state index contributed by atoms with van der Waals surface area (Å²) in [7, 11) is 0. The first-order valence-corrected chi connectivity index (χ1v) is 6.14. The van der Waals surface area contributed by atoms with Crippen molar-refractivity contribution in [2.45, 2.75) is 32.2 Å². The lowest BCUT2D eigenvalue weighted by Gasteiger charge is -2.35. The van der Waals surface area contributed by atoms with E-state index in [1.807, 2.05) is 4.90 Å². The number of morpholine rings is 1. The van der Waals surface area contributed by atoms with Gasteiger partial charge in [-0.05, 0) is 38.0 Å². The summed E-state index contributed by atoms with van der Waals surface area (Å²) in [4.78, 5) is 14.3. The molecule has 0 bridgehead atoms. The molecule has 3 nitrogen and oxygen atoms in total. The number of fused-ring (bicyclic) bond motifs is 1. The van der Waals surface area contributed by atoms with Crippen molar-refractivity contribution in [3.05, 3.63) is 0 Å². The summed E-state index contributed by atoms with van der Waals surface area (Å²) in [5, 5.41) is 0. The van der Waals surface area contributed by atoms with Gasteiger partial charge >= 0.3 is 0 Å². The largest absolute Gasteiger partial charge is 0.377 e. The molecule has 2 saturated carbocycles. The maximum Gasteiger partial charge on any atom is 0.226 e. The smallest absolute Gasteiger partial charge is 0.226 e. The number of hydrogen-bond acceptors (Lipinski definition) is 2. The fraction of sp³-hybridized carbons (Fsp3) is 0.917. The molecular formula is C12H19NO2. The number of nitrogens with zero attached hydrogens (tertiary/aromatic N) is 1. The van der Waals surface area contributed by atoms with E-state index in [1.165, 1.54) is 6.42 Å². The van der Waals surface area contributed by atoms with E-state index in [9.17, 15) is 4.79 Å². The topological polar surface area (TPSA) is 29.5 Å². The zero-order valence-corrected chi connectivity index (χ0v) is 9.32. The zero-order valence-electron chi connectivity index (χ0n) is 9.32. The summed E-state index contributed by atoms with van der Waals surface area (Å²) in [6, 6.07) is 0.281. The van der Waals surface area contributed by atoms with Crippen molar-refractivity contribution in [2.24, 2.45) is 17.8 Å². The highest BCUT2D eigenvalue weighted by molar-refractivity contribution is 5.79. The van der Waals surface area contributed by atoms with E-state index in [0.29, 0.717) is 18.4 Å². The van der Waals surface area contributed by atoms with Gasteiger partial charge in [-0.3, -0.25) is 4.79 Å². The van der Waals surface area contributed by atoms with Crippen LogP contribution in [0.5, 0.6) is 0 Å². The molecule has 3 atom stereocenters. The third kappa shape index (κ3) is 1.67. The highest BCUT2D eigenvalue weighted by atomic mass is 16.5. The van der Waals surface area contributed by atoms with Crippen LogP contribution in [0.15, 0.2) is 0 Å². The zero-order chi connectivity index (χ0) is 10.4. The minimum Gasteiger partial charge on any atom is -0.377 e. The van der Waals surface area contributed by atoms with Crippen LogP contribution in [0.3, 0.4) is 0 Å². The van der Waals surface area contributed by atoms with Gasteiger partial charge in [-0.2, -0.15) is 0 Å². The second kappa shape index (κ2) is 3.48. The summed E-state index contributed by atoms with van der Waals surface area (Å²) in [5.41, 5.74) is 0. The molecule has 2 aliphatic carbocycles. The normalized spacial score (nSPS) is 43.9. The maximum absolute atomic E-state index is 12.2. The molecule has 15 heavy (non-hydrogen) atoms. The summed E-state index contributed by atoms with van der Waals surface area (Å²) < 4.78 is 5.36. The number of carbonyl (C=O) groups excluding carboxylic acids is 1. The molecule has 3 heteroatoms. The van der Waals surface area contributed by atoms with E-state index in [1.54, 1.807) is 0 Å². The van der Waals surface area contributed by atoms with Crippen LogP contribution in [0.1, 0.15) is 26.2 Å². The Bertz CT molecular complexity index is 269. The van der Waals surface area contributed by atoms with Crippen molar-refractivity contribution in [1.29, 1.82) is 0 Å². The fourth-order valence-electron chi connectivity index (χ4n) is 3.21. The molecular weight excluding hydrogens is 190 g/mol. The first kappa shape index (κ1) is 9.64. The van der Waals surface area contributed by atoms with Crippen LogP contribution in [0.4, 0.5) is 0 Å². The van der Waals surface area contributed by atoms with E-state index < -0.39 is 0 Å². The second-order valence-corrected chi connectivity index (χ2v) is 5.38. The number of rotatable bonds is 1. The Labute approximate surface area is 90.8 Å². The van der Waals surface area contributed by atoms with Crippen LogP contribution in [0.2, 0.25) is 0 Å². The monoisotopic (exact) mass is 209 g/mol. The van der Waals surface area contributed by atoms with Crippen molar-refractivity contribution in [3.63, 3.8) is 0 Å². The summed E-state index contributed by atoms with van der Waals surface area (Å²) in [6.07, 6.45) is 3.71. The number of ether oxygens (including phenoxy) is 1. The van der Waals surface area contributed by atoms with Crippen LogP contribution < -0.4 is 0 Å². The van der Waals surface area contributed by atoms with Gasteiger partial charge in [0.15, 0.2) is 0 Å². The van der Waals surface area contributed by atoms with Crippen molar-refractivity contribution in [1.82, 2.24) is 4.90 Å². The molecule has 3 rings (SSSR count). The highest BCUT2D eigenvalue weighted by Gasteiger charge is 2.49. The average Bonchev–Trinajstić information content (AvgIpc) is 2.86. The molecule has 0 aromatic heterocycles. The van der Waals surface area contributed by atoms with Gasteiger partial charge in [0.2, 0.25) is 5.91 Å². The quantitative estimate of drug-likeness (QED) is 0.651. The molecule has 0 N–H and O–H groups in total. The van der Waals surface area contributed by atoms with Crippen LogP contribution in [0.25, 0.3) is 0 Å². The van der Waals surface area contributed by atoms with Crippen LogP contribution in [-0.2, 0) is 9.53 Å². The second-order valence-electron chi connectivity index (χ2n) is 5.38. The lowest BCUT2D eigenvalue weighted by molar-refractivity contribution is -0.143. The van der Waals surface area contributed by atoms with Gasteiger partial charge in [0.05, 0.1) is 19.3 Å². The minimum atomic E-state index is 0.281. The van der Waals surface area contributed by atoms with Crippen molar-refractivity contribution >= 4 is 5.91 Å². The molecule has 0 aromatic rings. The van der Waals surface area contributed by atoms with Gasteiger partial charge in [0.25, 0.3) is 0 Å². The molecule has 3 unspecified atom stereocenters. The SMILES string of the molecule is CC1COCCN1C(=O)C1CC2CC2C1. The fourth-order valence-corrected chi connectivity index (χ4v) is 3.21. The summed E-state index contributed by atoms with van der Waals surface area (Å²) in [5.74, 6) is 2.54. The van der Waals surface area contributed by atoms with E-state index in [-0.39, 0.29) is 6.04 Å². The van der Waals surface area contributed by atoms with Crippen LogP contribution in [-0.4, -0.2) is 36.6 Å². The number of carbonyl (C=O) groups is 1. The predicted molar refractivity (Wildman–Crippen MR) is 56.3 cm³/mol. The number of hydrogen-bond donors (Lipinski definition) is 0. The Hall–Kier alpha value is -0.570. The molecule has 1 aliphatic heterocycles. The van der Waals surface area contributed by atoms with Crippen LogP contribution in [0, 0.1) is 17.8 Å². The molecule has 84 valence electrons. The molecule has 0 radical (unpaired) electrons. The van der Waals surface area contributed by atoms with Gasteiger partial charge in [-0.1, -0.05) is 0 Å². The van der Waals surface area contributed by atoms with Gasteiger partial charge in [0, 0.05) is 12.5 Å². The molecule has 3 fully saturated rings. The molecule has 1 heterocycles. The number of amides is 1. The van der Waals surface area contributed by atoms with E-state index >= 15 is 0 Å². The van der Waals surface area contributed by atoms with Gasteiger partial charge in [-0.15, -0.1) is 0 Å². The van der Waals surface area contributed by atoms with Crippen molar-refractivity contribution in [3.8, 4) is 0 Å². The van der Waals surface area contributed by atoms with E-state index in [4.69, 9.17) is 4.74 Å². The highest BCUT2D eigenvalue weighted by Crippen LogP contribution is 2.54. The van der Waals surface area contributed by atoms with Gasteiger partial charge in [0.1, 0.15) is 0 Å². The average molecular weight is 209 g/mol. The Morgan fingerprint density at radius 1 is 1.27 bits per heavy atom. The molecule has 0 aromatic carbocycles. The van der Waals surface area contributed by atoms with Crippen LogP contribution >= 0.6 is 0 Å². The van der Waals surface area contributed by atoms with Crippen molar-refractivity contribution < 1.29 is 9.53 Å². The summed E-state index contributed by atoms with van der Waals surface area (Å²) in [6.45, 7) is 4.32. The Balaban J connectivity index is 1.62. The molecule has 1 amide bonds. The molecule has 1 saturated heterocycles. The Morgan fingerprint density at radius 2 is 2.00 bits per heavy atom. The maximum atomic E-state index is 12.2. The first-order chi connectivity index (χ1) is 7.25. The standard InChI is InChI=1S/C12H19NO2/c1-8-7-15-3-2-13(8)12(14)11-5-9-4-10(9)6-11/h8-11H,2-7H2,1H3. The van der Waals surface area contributed by atoms with Gasteiger partial charge in [-0.25, -0.2) is 0 Å². The molecule has 0 spiro atoms. The van der Waals surface area contributed by atoms with Crippen molar-refractivity contribution in [2.75, 3.05) is 19.8 Å². The first-order valence-electron chi connectivity index (χ1n) is 6.14. The summed E-state index contributed by atoms with van der Waals surface area (Å²) >= 11 is 0. The lowest BCUT2D eigenvalue weighted by atomic mass is 10.0. The lowest BCUT2D eigenvalue weighted by Crippen LogP contribution is -2.49. The Morgan fingerprint density at radius 3 is 2.67 bits per heavy atom. The third-order valence-corrected chi connectivity index (χ3v) is 4.24. The molecule has 3 aliphatic rings. The van der Waals surface area contributed by atoms with E-state index in [0.717, 1.165) is 37.8 Å².